The number of primary amides is 1. The van der Waals surface area contributed by atoms with E-state index in [4.69, 9.17) is 10.5 Å². The summed E-state index contributed by atoms with van der Waals surface area (Å²) in [5, 5.41) is 0. The van der Waals surface area contributed by atoms with Crippen LogP contribution in [0.4, 0.5) is 4.39 Å². The summed E-state index contributed by atoms with van der Waals surface area (Å²) in [5.74, 6) is -1.65. The van der Waals surface area contributed by atoms with E-state index < -0.39 is 27.7 Å². The number of nitrogens with zero attached hydrogens (tertiary/aromatic N) is 1. The predicted octanol–water partition coefficient (Wildman–Crippen LogP) is 0.720. The van der Waals surface area contributed by atoms with E-state index in [9.17, 15) is 17.6 Å². The molecule has 8 heteroatoms. The predicted molar refractivity (Wildman–Crippen MR) is 73.6 cm³/mol. The van der Waals surface area contributed by atoms with Gasteiger partial charge >= 0.3 is 0 Å². The fraction of sp³-hybridized carbons (Fsp3) is 0.462. The second kappa shape index (κ2) is 5.98. The number of amides is 1. The molecule has 1 aliphatic rings. The lowest BCUT2D eigenvalue weighted by Gasteiger charge is -2.30. The van der Waals surface area contributed by atoms with Crippen LogP contribution in [0.3, 0.4) is 0 Å². The van der Waals surface area contributed by atoms with E-state index in [1.54, 1.807) is 0 Å². The van der Waals surface area contributed by atoms with Crippen molar-refractivity contribution in [1.29, 1.82) is 0 Å². The van der Waals surface area contributed by atoms with Gasteiger partial charge in [-0.3, -0.25) is 4.79 Å². The smallest absolute Gasteiger partial charge is 0.246 e. The molecule has 116 valence electrons. The van der Waals surface area contributed by atoms with E-state index in [0.29, 0.717) is 12.8 Å². The van der Waals surface area contributed by atoms with Crippen LogP contribution in [0.2, 0.25) is 0 Å². The summed E-state index contributed by atoms with van der Waals surface area (Å²) >= 11 is 0. The summed E-state index contributed by atoms with van der Waals surface area (Å²) in [6.45, 7) is 0.281. The van der Waals surface area contributed by atoms with E-state index in [2.05, 4.69) is 0 Å². The third-order valence-electron chi connectivity index (χ3n) is 3.53. The van der Waals surface area contributed by atoms with Gasteiger partial charge in [0.05, 0.1) is 13.0 Å². The first kappa shape index (κ1) is 15.7. The molecule has 0 bridgehead atoms. The third-order valence-corrected chi connectivity index (χ3v) is 5.42. The second-order valence-electron chi connectivity index (χ2n) is 4.90. The fourth-order valence-electron chi connectivity index (χ4n) is 2.38. The Hall–Kier alpha value is -1.67. The zero-order valence-electron chi connectivity index (χ0n) is 11.6. The molecule has 0 saturated carbocycles. The highest BCUT2D eigenvalue weighted by Gasteiger charge is 2.34. The van der Waals surface area contributed by atoms with E-state index in [-0.39, 0.29) is 23.7 Å². The molecule has 2 rings (SSSR count). The Labute approximate surface area is 122 Å². The average Bonchev–Trinajstić information content (AvgIpc) is 2.47. The van der Waals surface area contributed by atoms with Crippen molar-refractivity contribution in [3.8, 4) is 5.75 Å². The number of hydrogen-bond acceptors (Lipinski definition) is 4. The molecule has 1 saturated heterocycles. The van der Waals surface area contributed by atoms with Gasteiger partial charge in [-0.15, -0.1) is 0 Å². The van der Waals surface area contributed by atoms with Crippen LogP contribution in [0, 0.1) is 11.7 Å². The quantitative estimate of drug-likeness (QED) is 0.886. The molecular weight excluding hydrogens is 299 g/mol. The molecule has 1 atom stereocenters. The summed E-state index contributed by atoms with van der Waals surface area (Å²) < 4.78 is 44.7. The maximum Gasteiger partial charge on any atom is 0.246 e. The second-order valence-corrected chi connectivity index (χ2v) is 6.81. The van der Waals surface area contributed by atoms with Crippen LogP contribution in [0.15, 0.2) is 23.1 Å². The number of carbonyl (C=O) groups excluding carboxylic acids is 1. The standard InChI is InChI=1S/C13H17FN2O4S/c1-20-11-5-4-10(14)7-12(11)21(18,19)16-6-2-3-9(8-16)13(15)17/h4-5,7,9H,2-3,6,8H2,1H3,(H2,15,17)/t9-/m0/s1. The highest BCUT2D eigenvalue weighted by atomic mass is 32.2. The summed E-state index contributed by atoms with van der Waals surface area (Å²) in [7, 11) is -2.62. The van der Waals surface area contributed by atoms with Gasteiger partial charge in [0.15, 0.2) is 0 Å². The molecule has 0 aliphatic carbocycles. The summed E-state index contributed by atoms with van der Waals surface area (Å²) in [4.78, 5) is 11.0. The maximum atomic E-state index is 13.4. The Morgan fingerprint density at radius 1 is 1.48 bits per heavy atom. The zero-order chi connectivity index (χ0) is 15.6. The molecule has 0 radical (unpaired) electrons. The highest BCUT2D eigenvalue weighted by molar-refractivity contribution is 7.89. The van der Waals surface area contributed by atoms with Crippen molar-refractivity contribution in [2.24, 2.45) is 11.7 Å². The lowest BCUT2D eigenvalue weighted by atomic mass is 9.99. The van der Waals surface area contributed by atoms with Gasteiger partial charge in [0.2, 0.25) is 15.9 Å². The Morgan fingerprint density at radius 3 is 2.81 bits per heavy atom. The lowest BCUT2D eigenvalue weighted by molar-refractivity contribution is -0.122. The molecule has 0 spiro atoms. The number of methoxy groups -OCH3 is 1. The molecule has 0 unspecified atom stereocenters. The van der Waals surface area contributed by atoms with Crippen molar-refractivity contribution in [3.63, 3.8) is 0 Å². The first-order valence-electron chi connectivity index (χ1n) is 6.49. The molecule has 1 amide bonds. The molecule has 1 aromatic rings. The maximum absolute atomic E-state index is 13.4. The van der Waals surface area contributed by atoms with Gasteiger partial charge in [0.25, 0.3) is 0 Å². The molecule has 1 aromatic carbocycles. The molecule has 1 heterocycles. The number of halogens is 1. The Bertz CT molecular complexity index is 648. The van der Waals surface area contributed by atoms with Gasteiger partial charge in [-0.1, -0.05) is 0 Å². The zero-order valence-corrected chi connectivity index (χ0v) is 12.4. The minimum atomic E-state index is -3.93. The Balaban J connectivity index is 2.38. The molecule has 6 nitrogen and oxygen atoms in total. The van der Waals surface area contributed by atoms with Gasteiger partial charge in [-0.2, -0.15) is 4.31 Å². The average molecular weight is 316 g/mol. The van der Waals surface area contributed by atoms with E-state index >= 15 is 0 Å². The molecule has 1 aliphatic heterocycles. The van der Waals surface area contributed by atoms with Gasteiger partial charge < -0.3 is 10.5 Å². The van der Waals surface area contributed by atoms with Gasteiger partial charge in [-0.05, 0) is 31.0 Å². The molecular formula is C13H17FN2O4S. The number of rotatable bonds is 4. The van der Waals surface area contributed by atoms with Crippen molar-refractivity contribution in [1.82, 2.24) is 4.31 Å². The van der Waals surface area contributed by atoms with Crippen LogP contribution in [-0.2, 0) is 14.8 Å². The fourth-order valence-corrected chi connectivity index (χ4v) is 4.08. The number of nitrogens with two attached hydrogens (primary N) is 1. The number of carbonyl (C=O) groups is 1. The highest BCUT2D eigenvalue weighted by Crippen LogP contribution is 2.30. The number of benzene rings is 1. The van der Waals surface area contributed by atoms with Crippen LogP contribution < -0.4 is 10.5 Å². The van der Waals surface area contributed by atoms with Crippen LogP contribution in [-0.4, -0.2) is 38.8 Å². The number of sulfonamides is 1. The number of ether oxygens (including phenoxy) is 1. The van der Waals surface area contributed by atoms with Crippen molar-refractivity contribution in [3.05, 3.63) is 24.0 Å². The third kappa shape index (κ3) is 3.16. The molecule has 0 aromatic heterocycles. The van der Waals surface area contributed by atoms with E-state index in [1.807, 2.05) is 0 Å². The van der Waals surface area contributed by atoms with E-state index in [1.165, 1.54) is 13.2 Å². The minimum absolute atomic E-state index is 0.0112. The summed E-state index contributed by atoms with van der Waals surface area (Å²) in [6, 6.07) is 3.31. The summed E-state index contributed by atoms with van der Waals surface area (Å²) in [5.41, 5.74) is 5.25. The molecule has 21 heavy (non-hydrogen) atoms. The van der Waals surface area contributed by atoms with E-state index in [0.717, 1.165) is 16.4 Å². The largest absolute Gasteiger partial charge is 0.495 e. The number of hydrogen-bond donors (Lipinski definition) is 1. The number of piperidine rings is 1. The minimum Gasteiger partial charge on any atom is -0.495 e. The first-order chi connectivity index (χ1) is 9.86. The van der Waals surface area contributed by atoms with Gasteiger partial charge in [-0.25, -0.2) is 12.8 Å². The topological polar surface area (TPSA) is 89.7 Å². The summed E-state index contributed by atoms with van der Waals surface area (Å²) in [6.07, 6.45) is 1.09. The Kier molecular flexibility index (Phi) is 4.48. The van der Waals surface area contributed by atoms with Gasteiger partial charge in [0.1, 0.15) is 16.5 Å². The first-order valence-corrected chi connectivity index (χ1v) is 7.93. The van der Waals surface area contributed by atoms with Crippen molar-refractivity contribution in [2.75, 3.05) is 20.2 Å². The van der Waals surface area contributed by atoms with Crippen LogP contribution in [0.5, 0.6) is 5.75 Å². The van der Waals surface area contributed by atoms with Crippen molar-refractivity contribution < 1.29 is 22.3 Å². The van der Waals surface area contributed by atoms with Crippen LogP contribution >= 0.6 is 0 Å². The molecule has 2 N–H and O–H groups in total. The lowest BCUT2D eigenvalue weighted by Crippen LogP contribution is -2.44. The van der Waals surface area contributed by atoms with Crippen LogP contribution in [0.1, 0.15) is 12.8 Å². The Morgan fingerprint density at radius 2 is 2.19 bits per heavy atom. The SMILES string of the molecule is COc1ccc(F)cc1S(=O)(=O)N1CCC[C@H](C(N)=O)C1. The van der Waals surface area contributed by atoms with Crippen LogP contribution in [0.25, 0.3) is 0 Å². The van der Waals surface area contributed by atoms with Crippen molar-refractivity contribution in [2.45, 2.75) is 17.7 Å². The molecule has 1 fully saturated rings. The van der Waals surface area contributed by atoms with Crippen molar-refractivity contribution >= 4 is 15.9 Å². The monoisotopic (exact) mass is 316 g/mol. The normalized spacial score (nSPS) is 20.2. The van der Waals surface area contributed by atoms with Gasteiger partial charge in [0, 0.05) is 13.1 Å².